The molecular weight excluding hydrogens is 340 g/mol. The van der Waals surface area contributed by atoms with E-state index in [2.05, 4.69) is 32.2 Å². The summed E-state index contributed by atoms with van der Waals surface area (Å²) in [7, 11) is 0. The first-order valence-electron chi connectivity index (χ1n) is 11.2. The number of hydrogen-bond acceptors (Lipinski definition) is 6. The molecule has 2 saturated heterocycles. The van der Waals surface area contributed by atoms with Crippen molar-refractivity contribution in [1.82, 2.24) is 30.0 Å². The van der Waals surface area contributed by atoms with E-state index in [4.69, 9.17) is 4.74 Å². The van der Waals surface area contributed by atoms with Gasteiger partial charge in [-0.05, 0) is 42.5 Å². The first-order valence-corrected chi connectivity index (χ1v) is 11.2. The first kappa shape index (κ1) is 19.3. The smallest absolute Gasteiger partial charge is 0.168 e. The van der Waals surface area contributed by atoms with Crippen LogP contribution in [0.25, 0.3) is 0 Å². The van der Waals surface area contributed by atoms with E-state index in [1.807, 2.05) is 4.68 Å². The van der Waals surface area contributed by atoms with Gasteiger partial charge in [-0.2, -0.15) is 0 Å². The van der Waals surface area contributed by atoms with Gasteiger partial charge in [-0.25, -0.2) is 4.68 Å². The van der Waals surface area contributed by atoms with E-state index >= 15 is 0 Å². The van der Waals surface area contributed by atoms with Gasteiger partial charge >= 0.3 is 0 Å². The molecular formula is C20H36N6O. The molecule has 3 fully saturated rings. The van der Waals surface area contributed by atoms with Crippen molar-refractivity contribution in [2.75, 3.05) is 32.8 Å². The molecule has 2 atom stereocenters. The van der Waals surface area contributed by atoms with Crippen LogP contribution in [-0.2, 0) is 11.3 Å². The van der Waals surface area contributed by atoms with Gasteiger partial charge in [0.25, 0.3) is 0 Å². The van der Waals surface area contributed by atoms with Crippen LogP contribution in [0.2, 0.25) is 0 Å². The molecule has 0 N–H and O–H groups in total. The molecule has 0 aromatic carbocycles. The van der Waals surface area contributed by atoms with Crippen LogP contribution in [0.3, 0.4) is 0 Å². The minimum Gasteiger partial charge on any atom is -0.376 e. The van der Waals surface area contributed by atoms with Gasteiger partial charge in [0, 0.05) is 38.8 Å². The molecule has 7 nitrogen and oxygen atoms in total. The Kier molecular flexibility index (Phi) is 6.73. The Bertz CT molecular complexity index is 559. The Morgan fingerprint density at radius 2 is 1.89 bits per heavy atom. The summed E-state index contributed by atoms with van der Waals surface area (Å²) in [5.74, 6) is 1.05. The van der Waals surface area contributed by atoms with Crippen LogP contribution < -0.4 is 0 Å². The van der Waals surface area contributed by atoms with Crippen LogP contribution in [-0.4, -0.2) is 74.9 Å². The molecule has 0 amide bonds. The number of ether oxygens (including phenoxy) is 1. The molecule has 1 aliphatic carbocycles. The third-order valence-corrected chi connectivity index (χ3v) is 6.72. The maximum Gasteiger partial charge on any atom is 0.168 e. The average molecular weight is 377 g/mol. The largest absolute Gasteiger partial charge is 0.376 e. The minimum atomic E-state index is 0.276. The minimum absolute atomic E-state index is 0.276. The van der Waals surface area contributed by atoms with Crippen molar-refractivity contribution < 1.29 is 4.74 Å². The summed E-state index contributed by atoms with van der Waals surface area (Å²) in [6, 6.07) is 1.18. The number of piperazine rings is 1. The highest BCUT2D eigenvalue weighted by molar-refractivity contribution is 4.96. The Hall–Kier alpha value is -1.05. The average Bonchev–Trinajstić information content (AvgIpc) is 3.47. The predicted octanol–water partition coefficient (Wildman–Crippen LogP) is 2.64. The molecule has 7 heteroatoms. The van der Waals surface area contributed by atoms with E-state index in [0.29, 0.717) is 6.04 Å². The van der Waals surface area contributed by atoms with Crippen LogP contribution in [0.5, 0.6) is 0 Å². The molecule has 3 aliphatic rings. The van der Waals surface area contributed by atoms with Crippen LogP contribution in [0.1, 0.15) is 76.6 Å². The van der Waals surface area contributed by atoms with E-state index in [1.165, 1.54) is 51.6 Å². The third kappa shape index (κ3) is 4.69. The molecule has 1 aromatic rings. The van der Waals surface area contributed by atoms with Gasteiger partial charge in [-0.3, -0.25) is 9.80 Å². The van der Waals surface area contributed by atoms with Gasteiger partial charge in [0.15, 0.2) is 5.82 Å². The summed E-state index contributed by atoms with van der Waals surface area (Å²) in [6.45, 7) is 8.61. The van der Waals surface area contributed by atoms with E-state index < -0.39 is 0 Å². The zero-order valence-corrected chi connectivity index (χ0v) is 16.9. The van der Waals surface area contributed by atoms with Crippen LogP contribution in [0.4, 0.5) is 0 Å². The van der Waals surface area contributed by atoms with Crippen molar-refractivity contribution >= 4 is 0 Å². The van der Waals surface area contributed by atoms with Gasteiger partial charge in [0.1, 0.15) is 0 Å². The molecule has 4 rings (SSSR count). The fourth-order valence-electron chi connectivity index (χ4n) is 5.12. The molecule has 152 valence electrons. The van der Waals surface area contributed by atoms with Crippen molar-refractivity contribution in [2.24, 2.45) is 0 Å². The number of aromatic nitrogens is 4. The van der Waals surface area contributed by atoms with Crippen molar-refractivity contribution in [3.05, 3.63) is 5.82 Å². The lowest BCUT2D eigenvalue weighted by atomic mass is 10.1. The number of unbranched alkanes of at least 4 members (excludes halogenated alkanes) is 1. The quantitative estimate of drug-likeness (QED) is 0.695. The molecule has 3 heterocycles. The highest BCUT2D eigenvalue weighted by Gasteiger charge is 2.32. The Labute approximate surface area is 163 Å². The lowest BCUT2D eigenvalue weighted by Gasteiger charge is -2.41. The Morgan fingerprint density at radius 3 is 2.59 bits per heavy atom. The third-order valence-electron chi connectivity index (χ3n) is 6.72. The highest BCUT2D eigenvalue weighted by Crippen LogP contribution is 2.29. The van der Waals surface area contributed by atoms with Crippen molar-refractivity contribution in [3.63, 3.8) is 0 Å². The monoisotopic (exact) mass is 376 g/mol. The second-order valence-corrected chi connectivity index (χ2v) is 8.52. The second-order valence-electron chi connectivity index (χ2n) is 8.52. The predicted molar refractivity (Wildman–Crippen MR) is 104 cm³/mol. The van der Waals surface area contributed by atoms with Crippen molar-refractivity contribution in [2.45, 2.75) is 89.4 Å². The zero-order valence-electron chi connectivity index (χ0n) is 16.9. The number of nitrogens with zero attached hydrogens (tertiary/aromatic N) is 6. The zero-order chi connectivity index (χ0) is 18.5. The standard InChI is InChI=1S/C20H36N6O/c1-2-3-10-19(20-21-22-23-26(20)16-18-9-6-15-27-18)25-13-11-24(12-14-25)17-7-4-5-8-17/h17-19H,2-16H2,1H3/t18-,19+/m1/s1. The topological polar surface area (TPSA) is 59.3 Å². The van der Waals surface area contributed by atoms with Gasteiger partial charge in [-0.1, -0.05) is 32.6 Å². The number of tetrazole rings is 1. The van der Waals surface area contributed by atoms with E-state index in [-0.39, 0.29) is 6.10 Å². The molecule has 27 heavy (non-hydrogen) atoms. The van der Waals surface area contributed by atoms with E-state index in [0.717, 1.165) is 57.4 Å². The molecule has 1 aromatic heterocycles. The maximum atomic E-state index is 5.82. The van der Waals surface area contributed by atoms with Crippen LogP contribution in [0, 0.1) is 0 Å². The molecule has 0 bridgehead atoms. The number of rotatable bonds is 8. The summed E-state index contributed by atoms with van der Waals surface area (Å²) in [6.07, 6.45) is 11.8. The first-order chi connectivity index (χ1) is 13.3. The fourth-order valence-corrected chi connectivity index (χ4v) is 5.12. The summed E-state index contributed by atoms with van der Waals surface area (Å²) in [5.41, 5.74) is 0. The Morgan fingerprint density at radius 1 is 1.07 bits per heavy atom. The van der Waals surface area contributed by atoms with E-state index in [1.54, 1.807) is 0 Å². The highest BCUT2D eigenvalue weighted by atomic mass is 16.5. The van der Waals surface area contributed by atoms with Crippen LogP contribution in [0.15, 0.2) is 0 Å². The van der Waals surface area contributed by atoms with Crippen molar-refractivity contribution in [1.29, 1.82) is 0 Å². The van der Waals surface area contributed by atoms with Gasteiger partial charge in [0.05, 0.1) is 18.7 Å². The molecule has 0 radical (unpaired) electrons. The molecule has 2 aliphatic heterocycles. The van der Waals surface area contributed by atoms with E-state index in [9.17, 15) is 0 Å². The fraction of sp³-hybridized carbons (Fsp3) is 0.950. The number of hydrogen-bond donors (Lipinski definition) is 0. The Balaban J connectivity index is 1.41. The molecule has 0 unspecified atom stereocenters. The van der Waals surface area contributed by atoms with Crippen LogP contribution >= 0.6 is 0 Å². The summed E-state index contributed by atoms with van der Waals surface area (Å²) in [4.78, 5) is 5.37. The van der Waals surface area contributed by atoms with Gasteiger partial charge in [0.2, 0.25) is 0 Å². The molecule has 0 spiro atoms. The lowest BCUT2D eigenvalue weighted by molar-refractivity contribution is 0.0585. The summed E-state index contributed by atoms with van der Waals surface area (Å²) < 4.78 is 7.85. The molecule has 1 saturated carbocycles. The van der Waals surface area contributed by atoms with Gasteiger partial charge < -0.3 is 4.74 Å². The second kappa shape index (κ2) is 9.43. The normalized spacial score (nSPS) is 26.8. The summed E-state index contributed by atoms with van der Waals surface area (Å²) >= 11 is 0. The maximum absolute atomic E-state index is 5.82. The summed E-state index contributed by atoms with van der Waals surface area (Å²) in [5, 5.41) is 12.8. The van der Waals surface area contributed by atoms with Gasteiger partial charge in [-0.15, -0.1) is 5.10 Å². The lowest BCUT2D eigenvalue weighted by Crippen LogP contribution is -2.50. The van der Waals surface area contributed by atoms with Crippen molar-refractivity contribution in [3.8, 4) is 0 Å². The SMILES string of the molecule is CCCC[C@@H](c1nnnn1C[C@H]1CCCO1)N1CCN(C2CCCC2)CC1.